The molecule has 26 heavy (non-hydrogen) atoms. The smallest absolute Gasteiger partial charge is 0.228 e. The maximum Gasteiger partial charge on any atom is 0.228 e. The number of hydrogen-bond acceptors (Lipinski definition) is 2. The molecule has 5 heteroatoms. The fourth-order valence-electron chi connectivity index (χ4n) is 3.21. The van der Waals surface area contributed by atoms with Crippen molar-refractivity contribution in [1.29, 1.82) is 0 Å². The van der Waals surface area contributed by atoms with Crippen LogP contribution in [0.25, 0.3) is 0 Å². The number of aryl methyl sites for hydroxylation is 2. The molecule has 2 unspecified atom stereocenters. The molecule has 0 spiro atoms. The Labute approximate surface area is 152 Å². The highest BCUT2D eigenvalue weighted by molar-refractivity contribution is 5.99. The summed E-state index contributed by atoms with van der Waals surface area (Å²) in [5.41, 5.74) is 3.50. The average Bonchev–Trinajstić information content (AvgIpc) is 3.36. The van der Waals surface area contributed by atoms with E-state index in [0.717, 1.165) is 16.8 Å². The van der Waals surface area contributed by atoms with Crippen molar-refractivity contribution in [2.24, 2.45) is 11.8 Å². The molecule has 0 saturated heterocycles. The second-order valence-corrected chi connectivity index (χ2v) is 6.95. The number of carbonyl (C=O) groups excluding carboxylic acids is 2. The van der Waals surface area contributed by atoms with Crippen LogP contribution in [-0.2, 0) is 16.0 Å². The van der Waals surface area contributed by atoms with Crippen molar-refractivity contribution in [2.75, 3.05) is 11.9 Å². The lowest BCUT2D eigenvalue weighted by Gasteiger charge is -2.08. The highest BCUT2D eigenvalue weighted by Crippen LogP contribution is 2.39. The van der Waals surface area contributed by atoms with E-state index in [1.165, 1.54) is 6.07 Å². The van der Waals surface area contributed by atoms with Gasteiger partial charge in [0, 0.05) is 12.2 Å². The summed E-state index contributed by atoms with van der Waals surface area (Å²) in [6.45, 7) is 4.32. The van der Waals surface area contributed by atoms with Crippen LogP contribution in [0.1, 0.15) is 23.1 Å². The van der Waals surface area contributed by atoms with Crippen LogP contribution in [0.2, 0.25) is 0 Å². The maximum atomic E-state index is 13.6. The van der Waals surface area contributed by atoms with Crippen molar-refractivity contribution >= 4 is 17.5 Å². The van der Waals surface area contributed by atoms with E-state index in [-0.39, 0.29) is 29.5 Å². The number of hydrogen-bond donors (Lipinski definition) is 2. The topological polar surface area (TPSA) is 58.2 Å². The van der Waals surface area contributed by atoms with Gasteiger partial charge in [0.1, 0.15) is 5.82 Å². The normalized spacial score (nSPS) is 18.3. The number of nitrogens with one attached hydrogen (secondary N) is 2. The standard InChI is InChI=1S/C21H23FN2O2/c1-13-9-14(2)11-16(10-13)24-21(26)18-12-17(18)20(25)23-8-7-15-5-3-4-6-19(15)22/h3-6,9-11,17-18H,7-8,12H2,1-2H3,(H,23,25)(H,24,26). The highest BCUT2D eigenvalue weighted by Gasteiger charge is 2.47. The van der Waals surface area contributed by atoms with Crippen LogP contribution >= 0.6 is 0 Å². The van der Waals surface area contributed by atoms with Crippen LogP contribution in [0.5, 0.6) is 0 Å². The molecule has 1 aliphatic rings. The van der Waals surface area contributed by atoms with Gasteiger partial charge in [-0.15, -0.1) is 0 Å². The molecule has 1 fully saturated rings. The molecule has 136 valence electrons. The van der Waals surface area contributed by atoms with Crippen LogP contribution in [0.3, 0.4) is 0 Å². The molecule has 2 atom stereocenters. The molecule has 2 aromatic rings. The second-order valence-electron chi connectivity index (χ2n) is 6.95. The van der Waals surface area contributed by atoms with E-state index in [9.17, 15) is 14.0 Å². The summed E-state index contributed by atoms with van der Waals surface area (Å²) >= 11 is 0. The molecule has 0 bridgehead atoms. The summed E-state index contributed by atoms with van der Waals surface area (Å²) in [6, 6.07) is 12.4. The first kappa shape index (κ1) is 18.1. The molecule has 0 radical (unpaired) electrons. The quantitative estimate of drug-likeness (QED) is 0.836. The Bertz CT molecular complexity index is 814. The zero-order valence-electron chi connectivity index (χ0n) is 15.0. The van der Waals surface area contributed by atoms with Gasteiger partial charge in [0.25, 0.3) is 0 Å². The molecule has 0 heterocycles. The number of amides is 2. The Morgan fingerprint density at radius 3 is 2.38 bits per heavy atom. The van der Waals surface area contributed by atoms with E-state index in [4.69, 9.17) is 0 Å². The van der Waals surface area contributed by atoms with Gasteiger partial charge in [-0.2, -0.15) is 0 Å². The Balaban J connectivity index is 1.46. The molecule has 4 nitrogen and oxygen atoms in total. The number of rotatable bonds is 6. The summed E-state index contributed by atoms with van der Waals surface area (Å²) in [5.74, 6) is -1.10. The van der Waals surface area contributed by atoms with E-state index in [0.29, 0.717) is 24.9 Å². The fraction of sp³-hybridized carbons (Fsp3) is 0.333. The third-order valence-electron chi connectivity index (χ3n) is 4.60. The van der Waals surface area contributed by atoms with Gasteiger partial charge in [0.2, 0.25) is 11.8 Å². The summed E-state index contributed by atoms with van der Waals surface area (Å²) in [4.78, 5) is 24.5. The van der Waals surface area contributed by atoms with Crippen LogP contribution in [-0.4, -0.2) is 18.4 Å². The van der Waals surface area contributed by atoms with Crippen LogP contribution in [0.4, 0.5) is 10.1 Å². The van der Waals surface area contributed by atoms with Gasteiger partial charge in [0.15, 0.2) is 0 Å². The van der Waals surface area contributed by atoms with E-state index in [1.54, 1.807) is 18.2 Å². The highest BCUT2D eigenvalue weighted by atomic mass is 19.1. The second kappa shape index (κ2) is 7.68. The Morgan fingerprint density at radius 1 is 1.04 bits per heavy atom. The zero-order chi connectivity index (χ0) is 18.7. The van der Waals surface area contributed by atoms with Gasteiger partial charge in [-0.1, -0.05) is 24.3 Å². The third kappa shape index (κ3) is 4.48. The molecule has 0 aromatic heterocycles. The zero-order valence-corrected chi connectivity index (χ0v) is 15.0. The third-order valence-corrected chi connectivity index (χ3v) is 4.60. The minimum Gasteiger partial charge on any atom is -0.356 e. The first-order valence-corrected chi connectivity index (χ1v) is 8.84. The van der Waals surface area contributed by atoms with Crippen molar-refractivity contribution in [3.05, 3.63) is 65.0 Å². The summed E-state index contributed by atoms with van der Waals surface area (Å²) in [6.07, 6.45) is 0.993. The predicted octanol–water partition coefficient (Wildman–Crippen LogP) is 3.38. The SMILES string of the molecule is Cc1cc(C)cc(NC(=O)C2CC2C(=O)NCCc2ccccc2F)c1. The molecule has 1 aliphatic carbocycles. The minimum atomic E-state index is -0.290. The number of anilines is 1. The minimum absolute atomic E-state index is 0.121. The van der Waals surface area contributed by atoms with E-state index >= 15 is 0 Å². The average molecular weight is 354 g/mol. The molecule has 2 N–H and O–H groups in total. The monoisotopic (exact) mass is 354 g/mol. The van der Waals surface area contributed by atoms with Crippen molar-refractivity contribution in [3.63, 3.8) is 0 Å². The first-order valence-electron chi connectivity index (χ1n) is 8.84. The Morgan fingerprint density at radius 2 is 1.69 bits per heavy atom. The number of halogens is 1. The molecule has 0 aliphatic heterocycles. The maximum absolute atomic E-state index is 13.6. The van der Waals surface area contributed by atoms with Gasteiger partial charge in [-0.25, -0.2) is 4.39 Å². The molecule has 2 amide bonds. The van der Waals surface area contributed by atoms with Crippen molar-refractivity contribution < 1.29 is 14.0 Å². The molecule has 1 saturated carbocycles. The predicted molar refractivity (Wildman–Crippen MR) is 99.3 cm³/mol. The molecule has 3 rings (SSSR count). The molecular weight excluding hydrogens is 331 g/mol. The van der Waals surface area contributed by atoms with Crippen LogP contribution < -0.4 is 10.6 Å². The number of carbonyl (C=O) groups is 2. The fourth-order valence-corrected chi connectivity index (χ4v) is 3.21. The summed E-state index contributed by atoms with van der Waals surface area (Å²) in [5, 5.41) is 5.69. The van der Waals surface area contributed by atoms with E-state index < -0.39 is 0 Å². The Kier molecular flexibility index (Phi) is 5.35. The van der Waals surface area contributed by atoms with Crippen molar-refractivity contribution in [3.8, 4) is 0 Å². The summed E-state index contributed by atoms with van der Waals surface area (Å²) in [7, 11) is 0. The Hall–Kier alpha value is -2.69. The summed E-state index contributed by atoms with van der Waals surface area (Å²) < 4.78 is 13.6. The van der Waals surface area contributed by atoms with Crippen molar-refractivity contribution in [1.82, 2.24) is 5.32 Å². The van der Waals surface area contributed by atoms with Crippen LogP contribution in [0.15, 0.2) is 42.5 Å². The lowest BCUT2D eigenvalue weighted by atomic mass is 10.1. The van der Waals surface area contributed by atoms with E-state index in [2.05, 4.69) is 10.6 Å². The lowest BCUT2D eigenvalue weighted by Crippen LogP contribution is -2.29. The van der Waals surface area contributed by atoms with Gasteiger partial charge < -0.3 is 10.6 Å². The van der Waals surface area contributed by atoms with Crippen molar-refractivity contribution in [2.45, 2.75) is 26.7 Å². The lowest BCUT2D eigenvalue weighted by molar-refractivity contribution is -0.125. The van der Waals surface area contributed by atoms with Gasteiger partial charge >= 0.3 is 0 Å². The van der Waals surface area contributed by atoms with E-state index in [1.807, 2.05) is 32.0 Å². The molecule has 2 aromatic carbocycles. The largest absolute Gasteiger partial charge is 0.356 e. The van der Waals surface area contributed by atoms with Crippen LogP contribution in [0, 0.1) is 31.5 Å². The van der Waals surface area contributed by atoms with Gasteiger partial charge in [-0.3, -0.25) is 9.59 Å². The first-order chi connectivity index (χ1) is 12.4. The van der Waals surface area contributed by atoms with Gasteiger partial charge in [0.05, 0.1) is 11.8 Å². The molecular formula is C21H23FN2O2. The van der Waals surface area contributed by atoms with Gasteiger partial charge in [-0.05, 0) is 61.6 Å². The number of benzene rings is 2.